The molecule has 3 aromatic rings. The molecule has 1 N–H and O–H groups in total. The molecule has 0 spiro atoms. The lowest BCUT2D eigenvalue weighted by Gasteiger charge is -2.15. The molecule has 0 heterocycles. The van der Waals surface area contributed by atoms with Crippen molar-refractivity contribution in [1.82, 2.24) is 0 Å². The van der Waals surface area contributed by atoms with Gasteiger partial charge >= 0.3 is 0 Å². The third-order valence-electron chi connectivity index (χ3n) is 4.33. The molecule has 0 saturated carbocycles. The van der Waals surface area contributed by atoms with E-state index in [9.17, 15) is 0 Å². The standard InChI is InChI=1S/C23H23Cl2NO2/c1-3-27-23-12-17(14-26-21-7-5-4-6-16(21)2)8-11-22(23)28-15-18-9-10-19(24)13-20(18)25/h4-13,26H,3,14-15H2,1-2H3. The highest BCUT2D eigenvalue weighted by Crippen LogP contribution is 2.31. The predicted molar refractivity (Wildman–Crippen MR) is 117 cm³/mol. The summed E-state index contributed by atoms with van der Waals surface area (Å²) in [5.41, 5.74) is 4.33. The van der Waals surface area contributed by atoms with Gasteiger partial charge in [-0.1, -0.05) is 53.5 Å². The van der Waals surface area contributed by atoms with E-state index in [1.165, 1.54) is 5.56 Å². The summed E-state index contributed by atoms with van der Waals surface area (Å²) < 4.78 is 11.7. The number of para-hydroxylation sites is 1. The van der Waals surface area contributed by atoms with Crippen molar-refractivity contribution < 1.29 is 9.47 Å². The Kier molecular flexibility index (Phi) is 7.07. The van der Waals surface area contributed by atoms with Gasteiger partial charge in [-0.3, -0.25) is 0 Å². The molecule has 0 unspecified atom stereocenters. The molecule has 0 amide bonds. The van der Waals surface area contributed by atoms with Crippen LogP contribution >= 0.6 is 23.2 Å². The van der Waals surface area contributed by atoms with Gasteiger partial charge in [-0.2, -0.15) is 0 Å². The summed E-state index contributed by atoms with van der Waals surface area (Å²) in [6, 6.07) is 19.6. The number of halogens is 2. The molecule has 3 nitrogen and oxygen atoms in total. The van der Waals surface area contributed by atoms with E-state index in [1.807, 2.05) is 43.3 Å². The Morgan fingerprint density at radius 2 is 1.71 bits per heavy atom. The van der Waals surface area contributed by atoms with Gasteiger partial charge in [-0.05, 0) is 55.3 Å². The van der Waals surface area contributed by atoms with Gasteiger partial charge in [-0.15, -0.1) is 0 Å². The third-order valence-corrected chi connectivity index (χ3v) is 4.92. The monoisotopic (exact) mass is 415 g/mol. The minimum absolute atomic E-state index is 0.344. The number of ether oxygens (including phenoxy) is 2. The average Bonchev–Trinajstić information content (AvgIpc) is 2.68. The van der Waals surface area contributed by atoms with Crippen molar-refractivity contribution in [2.45, 2.75) is 27.0 Å². The molecule has 0 atom stereocenters. The number of hydrogen-bond donors (Lipinski definition) is 1. The molecule has 5 heteroatoms. The molecule has 0 aliphatic carbocycles. The van der Waals surface area contributed by atoms with Crippen molar-refractivity contribution >= 4 is 28.9 Å². The van der Waals surface area contributed by atoms with Crippen LogP contribution in [0.1, 0.15) is 23.6 Å². The van der Waals surface area contributed by atoms with Crippen LogP contribution in [-0.4, -0.2) is 6.61 Å². The van der Waals surface area contributed by atoms with Crippen molar-refractivity contribution in [2.24, 2.45) is 0 Å². The fraction of sp³-hybridized carbons (Fsp3) is 0.217. The van der Waals surface area contributed by atoms with Crippen LogP contribution in [0.2, 0.25) is 10.0 Å². The Hall–Kier alpha value is -2.36. The van der Waals surface area contributed by atoms with E-state index >= 15 is 0 Å². The fourth-order valence-corrected chi connectivity index (χ4v) is 3.28. The zero-order valence-corrected chi connectivity index (χ0v) is 17.5. The van der Waals surface area contributed by atoms with E-state index in [0.717, 1.165) is 22.6 Å². The van der Waals surface area contributed by atoms with Crippen LogP contribution < -0.4 is 14.8 Å². The molecule has 0 radical (unpaired) electrons. The lowest BCUT2D eigenvalue weighted by Crippen LogP contribution is -2.04. The Morgan fingerprint density at radius 3 is 2.46 bits per heavy atom. The first-order valence-corrected chi connectivity index (χ1v) is 9.94. The molecule has 0 bridgehead atoms. The van der Waals surface area contributed by atoms with Gasteiger partial charge < -0.3 is 14.8 Å². The fourth-order valence-electron chi connectivity index (χ4n) is 2.81. The first-order valence-electron chi connectivity index (χ1n) is 9.18. The topological polar surface area (TPSA) is 30.5 Å². The van der Waals surface area contributed by atoms with E-state index in [2.05, 4.69) is 24.4 Å². The molecule has 0 aliphatic heterocycles. The predicted octanol–water partition coefficient (Wildman–Crippen LogP) is 6.89. The van der Waals surface area contributed by atoms with E-state index in [0.29, 0.717) is 35.6 Å². The smallest absolute Gasteiger partial charge is 0.161 e. The van der Waals surface area contributed by atoms with Crippen LogP contribution in [0.25, 0.3) is 0 Å². The summed E-state index contributed by atoms with van der Waals surface area (Å²) in [4.78, 5) is 0. The van der Waals surface area contributed by atoms with Crippen LogP contribution in [0.4, 0.5) is 5.69 Å². The van der Waals surface area contributed by atoms with Crippen LogP contribution in [0, 0.1) is 6.92 Å². The summed E-state index contributed by atoms with van der Waals surface area (Å²) in [5, 5.41) is 4.66. The highest BCUT2D eigenvalue weighted by Gasteiger charge is 2.09. The number of aryl methyl sites for hydroxylation is 1. The van der Waals surface area contributed by atoms with Gasteiger partial charge in [0.25, 0.3) is 0 Å². The van der Waals surface area contributed by atoms with E-state index in [-0.39, 0.29) is 0 Å². The molecule has 146 valence electrons. The number of hydrogen-bond acceptors (Lipinski definition) is 3. The largest absolute Gasteiger partial charge is 0.490 e. The number of anilines is 1. The SMILES string of the molecule is CCOc1cc(CNc2ccccc2C)ccc1OCc1ccc(Cl)cc1Cl. The van der Waals surface area contributed by atoms with Gasteiger partial charge in [0.15, 0.2) is 11.5 Å². The number of nitrogens with one attached hydrogen (secondary N) is 1. The lowest BCUT2D eigenvalue weighted by atomic mass is 10.1. The van der Waals surface area contributed by atoms with Crippen LogP contribution in [0.3, 0.4) is 0 Å². The van der Waals surface area contributed by atoms with E-state index < -0.39 is 0 Å². The van der Waals surface area contributed by atoms with Crippen LogP contribution in [-0.2, 0) is 13.2 Å². The van der Waals surface area contributed by atoms with Crippen molar-refractivity contribution in [3.63, 3.8) is 0 Å². The third kappa shape index (κ3) is 5.34. The van der Waals surface area contributed by atoms with Gasteiger partial charge in [0, 0.05) is 27.8 Å². The Morgan fingerprint density at radius 1 is 0.893 bits per heavy atom. The summed E-state index contributed by atoms with van der Waals surface area (Å²) >= 11 is 12.2. The summed E-state index contributed by atoms with van der Waals surface area (Å²) in [6.45, 7) is 5.66. The van der Waals surface area contributed by atoms with Gasteiger partial charge in [0.1, 0.15) is 6.61 Å². The molecule has 0 fully saturated rings. The maximum absolute atomic E-state index is 6.23. The Labute approximate surface area is 176 Å². The van der Waals surface area contributed by atoms with Crippen molar-refractivity contribution in [3.8, 4) is 11.5 Å². The molecule has 0 aromatic heterocycles. The molecule has 3 rings (SSSR count). The van der Waals surface area contributed by atoms with Crippen LogP contribution in [0.15, 0.2) is 60.7 Å². The molecular formula is C23H23Cl2NO2. The van der Waals surface area contributed by atoms with Crippen molar-refractivity contribution in [1.29, 1.82) is 0 Å². The molecule has 28 heavy (non-hydrogen) atoms. The lowest BCUT2D eigenvalue weighted by molar-refractivity contribution is 0.269. The zero-order valence-electron chi connectivity index (χ0n) is 16.0. The first-order chi connectivity index (χ1) is 13.6. The Bertz CT molecular complexity index is 944. The Balaban J connectivity index is 1.70. The second-order valence-corrected chi connectivity index (χ2v) is 7.25. The zero-order chi connectivity index (χ0) is 19.9. The second-order valence-electron chi connectivity index (χ2n) is 6.41. The second kappa shape index (κ2) is 9.72. The van der Waals surface area contributed by atoms with Crippen LogP contribution in [0.5, 0.6) is 11.5 Å². The summed E-state index contributed by atoms with van der Waals surface area (Å²) in [6.07, 6.45) is 0. The number of rotatable bonds is 8. The van der Waals surface area contributed by atoms with Gasteiger partial charge in [0.2, 0.25) is 0 Å². The maximum Gasteiger partial charge on any atom is 0.161 e. The quantitative estimate of drug-likeness (QED) is 0.434. The molecule has 0 aliphatic rings. The summed E-state index contributed by atoms with van der Waals surface area (Å²) in [5.74, 6) is 1.41. The van der Waals surface area contributed by atoms with Gasteiger partial charge in [0.05, 0.1) is 6.61 Å². The molecule has 3 aromatic carbocycles. The molecular weight excluding hydrogens is 393 g/mol. The van der Waals surface area contributed by atoms with Crippen molar-refractivity contribution in [2.75, 3.05) is 11.9 Å². The van der Waals surface area contributed by atoms with E-state index in [1.54, 1.807) is 12.1 Å². The highest BCUT2D eigenvalue weighted by atomic mass is 35.5. The minimum atomic E-state index is 0.344. The normalized spacial score (nSPS) is 10.6. The van der Waals surface area contributed by atoms with Gasteiger partial charge in [-0.25, -0.2) is 0 Å². The van der Waals surface area contributed by atoms with E-state index in [4.69, 9.17) is 32.7 Å². The maximum atomic E-state index is 6.23. The van der Waals surface area contributed by atoms with Crippen molar-refractivity contribution in [3.05, 3.63) is 87.4 Å². The molecule has 0 saturated heterocycles. The minimum Gasteiger partial charge on any atom is -0.490 e. The first kappa shape index (κ1) is 20.4. The highest BCUT2D eigenvalue weighted by molar-refractivity contribution is 6.35. The average molecular weight is 416 g/mol. The summed E-state index contributed by atoms with van der Waals surface area (Å²) in [7, 11) is 0. The number of benzene rings is 3.